The summed E-state index contributed by atoms with van der Waals surface area (Å²) in [4.78, 5) is 37.9. The second kappa shape index (κ2) is 11.5. The molecule has 140 valence electrons. The highest BCUT2D eigenvalue weighted by Gasteiger charge is 2.39. The van der Waals surface area contributed by atoms with Crippen molar-refractivity contribution in [2.75, 3.05) is 19.8 Å². The fraction of sp³-hybridized carbons (Fsp3) is 0.421. The van der Waals surface area contributed by atoms with Crippen LogP contribution >= 0.6 is 0 Å². The third kappa shape index (κ3) is 6.48. The summed E-state index contributed by atoms with van der Waals surface area (Å²) in [5.41, 5.74) is 0.765. The fourth-order valence-corrected chi connectivity index (χ4v) is 2.11. The summed E-state index contributed by atoms with van der Waals surface area (Å²) < 4.78 is 15.0. The molecule has 0 aliphatic rings. The number of esters is 2. The molecule has 7 nitrogen and oxygen atoms in total. The van der Waals surface area contributed by atoms with Crippen molar-refractivity contribution in [1.29, 1.82) is 0 Å². The van der Waals surface area contributed by atoms with Crippen LogP contribution in [0.3, 0.4) is 0 Å². The van der Waals surface area contributed by atoms with E-state index in [-0.39, 0.29) is 32.8 Å². The number of hydrogen-bond acceptors (Lipinski definition) is 6. The quantitative estimate of drug-likeness (QED) is 0.290. The fourth-order valence-electron chi connectivity index (χ4n) is 2.11. The van der Waals surface area contributed by atoms with Crippen molar-refractivity contribution in [3.8, 4) is 12.3 Å². The van der Waals surface area contributed by atoms with E-state index in [1.807, 2.05) is 6.07 Å². The first-order valence-corrected chi connectivity index (χ1v) is 8.29. The number of rotatable bonds is 9. The number of benzene rings is 1. The highest BCUT2D eigenvalue weighted by Crippen LogP contribution is 2.11. The summed E-state index contributed by atoms with van der Waals surface area (Å²) in [6.45, 7) is 3.24. The number of terminal acetylenes is 1. The summed E-state index contributed by atoms with van der Waals surface area (Å²) in [6.07, 6.45) is 4.53. The first-order chi connectivity index (χ1) is 12.5. The van der Waals surface area contributed by atoms with Crippen molar-refractivity contribution in [2.24, 2.45) is 0 Å². The van der Waals surface area contributed by atoms with Crippen LogP contribution in [0.15, 0.2) is 30.3 Å². The molecule has 0 radical (unpaired) electrons. The van der Waals surface area contributed by atoms with Crippen molar-refractivity contribution >= 4 is 18.0 Å². The van der Waals surface area contributed by atoms with Crippen LogP contribution in [-0.2, 0) is 30.4 Å². The molecule has 7 heteroatoms. The molecule has 0 aromatic heterocycles. The van der Waals surface area contributed by atoms with Crippen LogP contribution in [0.1, 0.15) is 25.8 Å². The Bertz CT molecular complexity index is 619. The van der Waals surface area contributed by atoms with E-state index in [4.69, 9.17) is 20.6 Å². The minimum atomic E-state index is -1.56. The average molecular weight is 361 g/mol. The number of hydrogen-bond donors (Lipinski definition) is 0. The minimum Gasteiger partial charge on any atom is -0.464 e. The molecule has 0 atom stereocenters. The standard InChI is InChI=1S/C19H23NO6/c1-4-7-13-20(16(17(21)24-5-2)18(22)25-6-3)19(23)26-14-15-11-9-8-10-12-15/h1,8-12,16H,5-7,13-14H2,2-3H3. The molecule has 1 aromatic rings. The zero-order chi connectivity index (χ0) is 19.4. The molecule has 0 saturated heterocycles. The van der Waals surface area contributed by atoms with E-state index in [1.54, 1.807) is 38.1 Å². The van der Waals surface area contributed by atoms with Gasteiger partial charge in [0.15, 0.2) is 0 Å². The van der Waals surface area contributed by atoms with Gasteiger partial charge in [0.2, 0.25) is 6.04 Å². The topological polar surface area (TPSA) is 82.1 Å². The molecule has 1 amide bonds. The van der Waals surface area contributed by atoms with Gasteiger partial charge in [-0.2, -0.15) is 0 Å². The summed E-state index contributed by atoms with van der Waals surface area (Å²) in [7, 11) is 0. The molecule has 0 heterocycles. The van der Waals surface area contributed by atoms with E-state index < -0.39 is 24.1 Å². The van der Waals surface area contributed by atoms with E-state index in [0.717, 1.165) is 10.5 Å². The maximum Gasteiger partial charge on any atom is 0.411 e. The molecule has 0 aliphatic heterocycles. The third-order valence-corrected chi connectivity index (χ3v) is 3.27. The minimum absolute atomic E-state index is 0.00933. The largest absolute Gasteiger partial charge is 0.464 e. The van der Waals surface area contributed by atoms with Gasteiger partial charge in [-0.3, -0.25) is 4.90 Å². The smallest absolute Gasteiger partial charge is 0.411 e. The number of carbonyl (C=O) groups is 3. The zero-order valence-corrected chi connectivity index (χ0v) is 15.0. The highest BCUT2D eigenvalue weighted by atomic mass is 16.6. The molecule has 0 spiro atoms. The highest BCUT2D eigenvalue weighted by molar-refractivity contribution is 6.01. The molecule has 0 aliphatic carbocycles. The van der Waals surface area contributed by atoms with Crippen LogP contribution in [-0.4, -0.2) is 48.7 Å². The van der Waals surface area contributed by atoms with Crippen LogP contribution < -0.4 is 0 Å². The van der Waals surface area contributed by atoms with E-state index in [2.05, 4.69) is 5.92 Å². The summed E-state index contributed by atoms with van der Waals surface area (Å²) in [6, 6.07) is 7.45. The van der Waals surface area contributed by atoms with Gasteiger partial charge in [-0.1, -0.05) is 30.3 Å². The Morgan fingerprint density at radius 2 is 1.62 bits per heavy atom. The Kier molecular flexibility index (Phi) is 9.33. The molecule has 0 unspecified atom stereocenters. The van der Waals surface area contributed by atoms with Gasteiger partial charge in [0.1, 0.15) is 6.61 Å². The molecule has 1 rings (SSSR count). The Hall–Kier alpha value is -3.01. The first-order valence-electron chi connectivity index (χ1n) is 8.29. The summed E-state index contributed by atoms with van der Waals surface area (Å²) in [5.74, 6) is 0.591. The number of ether oxygens (including phenoxy) is 3. The molecular weight excluding hydrogens is 338 g/mol. The lowest BCUT2D eigenvalue weighted by Gasteiger charge is -2.27. The molecule has 0 fully saturated rings. The van der Waals surface area contributed by atoms with Gasteiger partial charge in [-0.25, -0.2) is 14.4 Å². The number of carbonyl (C=O) groups excluding carboxylic acids is 3. The monoisotopic (exact) mass is 361 g/mol. The van der Waals surface area contributed by atoms with Crippen molar-refractivity contribution < 1.29 is 28.6 Å². The van der Waals surface area contributed by atoms with E-state index in [0.29, 0.717) is 0 Å². The first kappa shape index (κ1) is 21.0. The zero-order valence-electron chi connectivity index (χ0n) is 15.0. The predicted octanol–water partition coefficient (Wildman–Crippen LogP) is 2.14. The van der Waals surface area contributed by atoms with Crippen molar-refractivity contribution in [3.63, 3.8) is 0 Å². The number of amides is 1. The van der Waals surface area contributed by atoms with Gasteiger partial charge < -0.3 is 14.2 Å². The maximum absolute atomic E-state index is 12.5. The Balaban J connectivity index is 2.97. The van der Waals surface area contributed by atoms with Gasteiger partial charge in [-0.05, 0) is 19.4 Å². The van der Waals surface area contributed by atoms with E-state index in [1.165, 1.54) is 0 Å². The van der Waals surface area contributed by atoms with Gasteiger partial charge in [0, 0.05) is 13.0 Å². The van der Waals surface area contributed by atoms with Crippen molar-refractivity contribution in [1.82, 2.24) is 4.90 Å². The molecular formula is C19H23NO6. The SMILES string of the molecule is C#CCCN(C(=O)OCc1ccccc1)C(C(=O)OCC)C(=O)OCC. The van der Waals surface area contributed by atoms with Crippen LogP contribution in [0.2, 0.25) is 0 Å². The lowest BCUT2D eigenvalue weighted by molar-refractivity contribution is -0.162. The Morgan fingerprint density at radius 1 is 1.04 bits per heavy atom. The predicted molar refractivity (Wildman–Crippen MR) is 93.8 cm³/mol. The molecule has 0 bridgehead atoms. The van der Waals surface area contributed by atoms with Crippen LogP contribution in [0.25, 0.3) is 0 Å². The van der Waals surface area contributed by atoms with Crippen LogP contribution in [0.5, 0.6) is 0 Å². The maximum atomic E-state index is 12.5. The lowest BCUT2D eigenvalue weighted by atomic mass is 10.2. The average Bonchev–Trinajstić information content (AvgIpc) is 2.64. The van der Waals surface area contributed by atoms with Crippen LogP contribution in [0, 0.1) is 12.3 Å². The second-order valence-corrected chi connectivity index (χ2v) is 5.09. The third-order valence-electron chi connectivity index (χ3n) is 3.27. The Labute approximate surface area is 153 Å². The van der Waals surface area contributed by atoms with E-state index in [9.17, 15) is 14.4 Å². The molecule has 1 aromatic carbocycles. The van der Waals surface area contributed by atoms with Crippen LogP contribution in [0.4, 0.5) is 4.79 Å². The van der Waals surface area contributed by atoms with Gasteiger partial charge >= 0.3 is 18.0 Å². The van der Waals surface area contributed by atoms with Crippen molar-refractivity contribution in [2.45, 2.75) is 32.9 Å². The summed E-state index contributed by atoms with van der Waals surface area (Å²) >= 11 is 0. The summed E-state index contributed by atoms with van der Waals surface area (Å²) in [5, 5.41) is 0. The second-order valence-electron chi connectivity index (χ2n) is 5.09. The van der Waals surface area contributed by atoms with E-state index >= 15 is 0 Å². The van der Waals surface area contributed by atoms with Gasteiger partial charge in [0.25, 0.3) is 0 Å². The van der Waals surface area contributed by atoms with Gasteiger partial charge in [0.05, 0.1) is 13.2 Å². The number of nitrogens with zero attached hydrogens (tertiary/aromatic N) is 1. The normalized spacial score (nSPS) is 9.92. The lowest BCUT2D eigenvalue weighted by Crippen LogP contribution is -2.51. The van der Waals surface area contributed by atoms with Gasteiger partial charge in [-0.15, -0.1) is 12.3 Å². The molecule has 0 N–H and O–H groups in total. The molecule has 26 heavy (non-hydrogen) atoms. The Morgan fingerprint density at radius 3 is 2.12 bits per heavy atom. The molecule has 0 saturated carbocycles. The van der Waals surface area contributed by atoms with Crippen molar-refractivity contribution in [3.05, 3.63) is 35.9 Å².